The maximum Gasteiger partial charge on any atom is 0.222 e. The van der Waals surface area contributed by atoms with E-state index in [1.165, 1.54) is 32.2 Å². The van der Waals surface area contributed by atoms with Crippen molar-refractivity contribution in [3.8, 4) is 0 Å². The van der Waals surface area contributed by atoms with E-state index in [2.05, 4.69) is 31.0 Å². The smallest absolute Gasteiger partial charge is 0.222 e. The van der Waals surface area contributed by atoms with Crippen LogP contribution in [0.4, 0.5) is 0 Å². The molecule has 1 aliphatic heterocycles. The topological polar surface area (TPSA) is 35.6 Å². The van der Waals surface area contributed by atoms with Gasteiger partial charge in [-0.05, 0) is 51.1 Å². The lowest BCUT2D eigenvalue weighted by Gasteiger charge is -2.41. The fourth-order valence-electron chi connectivity index (χ4n) is 3.77. The minimum atomic E-state index is 0.310. The first-order valence-electron chi connectivity index (χ1n) is 10.1. The zero-order valence-corrected chi connectivity index (χ0v) is 16.9. The molecule has 1 rings (SSSR count). The molecule has 1 aliphatic rings. The number of hydrogen-bond acceptors (Lipinski definition) is 3. The van der Waals surface area contributed by atoms with E-state index in [0.29, 0.717) is 23.8 Å². The SMILES string of the molecule is CCCCC(C)(CC)CN1CCC(N(C)C(=O)CCCNC)CC1. The summed E-state index contributed by atoms with van der Waals surface area (Å²) in [7, 11) is 3.94. The Morgan fingerprint density at radius 3 is 2.46 bits per heavy atom. The molecular weight excluding hydrogens is 298 g/mol. The average Bonchev–Trinajstić information content (AvgIpc) is 2.60. The van der Waals surface area contributed by atoms with Crippen molar-refractivity contribution in [2.75, 3.05) is 40.3 Å². The monoisotopic (exact) mass is 339 g/mol. The van der Waals surface area contributed by atoms with Gasteiger partial charge in [-0.15, -0.1) is 0 Å². The Hall–Kier alpha value is -0.610. The first-order valence-corrected chi connectivity index (χ1v) is 10.1. The van der Waals surface area contributed by atoms with Crippen LogP contribution in [-0.2, 0) is 4.79 Å². The molecule has 1 heterocycles. The van der Waals surface area contributed by atoms with Crippen LogP contribution in [0.1, 0.15) is 72.1 Å². The molecule has 0 aromatic carbocycles. The fourth-order valence-corrected chi connectivity index (χ4v) is 3.77. The lowest BCUT2D eigenvalue weighted by Crippen LogP contribution is -2.48. The fraction of sp³-hybridized carbons (Fsp3) is 0.950. The number of amides is 1. The predicted molar refractivity (Wildman–Crippen MR) is 103 cm³/mol. The summed E-state index contributed by atoms with van der Waals surface area (Å²) in [5, 5.41) is 3.11. The lowest BCUT2D eigenvalue weighted by molar-refractivity contribution is -0.133. The number of piperidine rings is 1. The zero-order chi connectivity index (χ0) is 18.0. The molecule has 1 fully saturated rings. The predicted octanol–water partition coefficient (Wildman–Crippen LogP) is 3.52. The molecule has 1 unspecified atom stereocenters. The van der Waals surface area contributed by atoms with Crippen molar-refractivity contribution in [3.05, 3.63) is 0 Å². The number of carbonyl (C=O) groups is 1. The summed E-state index contributed by atoms with van der Waals surface area (Å²) >= 11 is 0. The Morgan fingerprint density at radius 1 is 1.25 bits per heavy atom. The van der Waals surface area contributed by atoms with Crippen LogP contribution in [0.2, 0.25) is 0 Å². The molecule has 1 amide bonds. The zero-order valence-electron chi connectivity index (χ0n) is 16.9. The maximum atomic E-state index is 12.3. The van der Waals surface area contributed by atoms with Gasteiger partial charge in [0.05, 0.1) is 0 Å². The third-order valence-electron chi connectivity index (χ3n) is 5.91. The van der Waals surface area contributed by atoms with E-state index in [-0.39, 0.29) is 0 Å². The van der Waals surface area contributed by atoms with E-state index in [9.17, 15) is 4.79 Å². The second-order valence-electron chi connectivity index (χ2n) is 7.99. The Morgan fingerprint density at radius 2 is 1.92 bits per heavy atom. The van der Waals surface area contributed by atoms with Crippen molar-refractivity contribution >= 4 is 5.91 Å². The van der Waals surface area contributed by atoms with Gasteiger partial charge in [0.2, 0.25) is 5.91 Å². The Labute approximate surface area is 150 Å². The molecule has 0 radical (unpaired) electrons. The molecule has 0 aromatic heterocycles. The van der Waals surface area contributed by atoms with E-state index in [0.717, 1.165) is 38.9 Å². The Kier molecular flexibility index (Phi) is 9.91. The number of nitrogens with zero attached hydrogens (tertiary/aromatic N) is 2. The summed E-state index contributed by atoms with van der Waals surface area (Å²) in [4.78, 5) is 16.9. The molecule has 0 saturated carbocycles. The van der Waals surface area contributed by atoms with Gasteiger partial charge in [0.25, 0.3) is 0 Å². The normalized spacial score (nSPS) is 19.2. The molecule has 142 valence electrons. The highest BCUT2D eigenvalue weighted by molar-refractivity contribution is 5.76. The molecule has 1 saturated heterocycles. The van der Waals surface area contributed by atoms with Gasteiger partial charge in [-0.3, -0.25) is 4.79 Å². The molecule has 0 aliphatic carbocycles. The van der Waals surface area contributed by atoms with E-state index in [1.807, 2.05) is 19.0 Å². The molecule has 0 aromatic rings. The summed E-state index contributed by atoms with van der Waals surface area (Å²) in [6.45, 7) is 11.5. The molecule has 0 spiro atoms. The number of likely N-dealkylation sites (tertiary alicyclic amines) is 1. The average molecular weight is 340 g/mol. The van der Waals surface area contributed by atoms with Gasteiger partial charge in [0, 0.05) is 39.1 Å². The van der Waals surface area contributed by atoms with Crippen molar-refractivity contribution in [1.82, 2.24) is 15.1 Å². The van der Waals surface area contributed by atoms with Crippen molar-refractivity contribution in [1.29, 1.82) is 0 Å². The second-order valence-corrected chi connectivity index (χ2v) is 7.99. The Balaban J connectivity index is 2.38. The molecule has 0 bridgehead atoms. The highest BCUT2D eigenvalue weighted by Crippen LogP contribution is 2.30. The quantitative estimate of drug-likeness (QED) is 0.585. The van der Waals surface area contributed by atoms with Gasteiger partial charge >= 0.3 is 0 Å². The number of hydrogen-bond donors (Lipinski definition) is 1. The van der Waals surface area contributed by atoms with E-state index < -0.39 is 0 Å². The van der Waals surface area contributed by atoms with Crippen LogP contribution in [-0.4, -0.2) is 62.0 Å². The van der Waals surface area contributed by atoms with Crippen molar-refractivity contribution in [2.45, 2.75) is 78.2 Å². The van der Waals surface area contributed by atoms with Crippen LogP contribution in [0, 0.1) is 5.41 Å². The van der Waals surface area contributed by atoms with Gasteiger partial charge in [-0.2, -0.15) is 0 Å². The third-order valence-corrected chi connectivity index (χ3v) is 5.91. The third kappa shape index (κ3) is 7.10. The molecule has 24 heavy (non-hydrogen) atoms. The number of unbranched alkanes of at least 4 members (excludes halogenated alkanes) is 1. The minimum Gasteiger partial charge on any atom is -0.343 e. The Bertz CT molecular complexity index is 353. The minimum absolute atomic E-state index is 0.310. The molecular formula is C20H41N3O. The highest BCUT2D eigenvalue weighted by atomic mass is 16.2. The first kappa shape index (κ1) is 21.4. The molecule has 1 atom stereocenters. The van der Waals surface area contributed by atoms with Crippen LogP contribution in [0.3, 0.4) is 0 Å². The summed E-state index contributed by atoms with van der Waals surface area (Å²) in [5.41, 5.74) is 0.456. The molecule has 4 nitrogen and oxygen atoms in total. The molecule has 4 heteroatoms. The number of carbonyl (C=O) groups excluding carboxylic acids is 1. The van der Waals surface area contributed by atoms with Crippen molar-refractivity contribution in [3.63, 3.8) is 0 Å². The van der Waals surface area contributed by atoms with Crippen LogP contribution >= 0.6 is 0 Å². The summed E-state index contributed by atoms with van der Waals surface area (Å²) in [6.07, 6.45) is 9.08. The second kappa shape index (κ2) is 11.1. The summed E-state index contributed by atoms with van der Waals surface area (Å²) in [5.74, 6) is 0.310. The first-order chi connectivity index (χ1) is 11.5. The number of nitrogens with one attached hydrogen (secondary N) is 1. The van der Waals surface area contributed by atoms with E-state index >= 15 is 0 Å². The van der Waals surface area contributed by atoms with Gasteiger partial charge in [-0.25, -0.2) is 0 Å². The summed E-state index contributed by atoms with van der Waals surface area (Å²) < 4.78 is 0. The van der Waals surface area contributed by atoms with Crippen LogP contribution in [0.25, 0.3) is 0 Å². The highest BCUT2D eigenvalue weighted by Gasteiger charge is 2.29. The van der Waals surface area contributed by atoms with E-state index in [1.54, 1.807) is 0 Å². The van der Waals surface area contributed by atoms with Gasteiger partial charge < -0.3 is 15.1 Å². The van der Waals surface area contributed by atoms with Crippen LogP contribution < -0.4 is 5.32 Å². The van der Waals surface area contributed by atoms with E-state index in [4.69, 9.17) is 0 Å². The maximum absolute atomic E-state index is 12.3. The summed E-state index contributed by atoms with van der Waals surface area (Å²) in [6, 6.07) is 0.437. The number of rotatable bonds is 11. The van der Waals surface area contributed by atoms with Crippen LogP contribution in [0.5, 0.6) is 0 Å². The van der Waals surface area contributed by atoms with Gasteiger partial charge in [0.1, 0.15) is 0 Å². The van der Waals surface area contributed by atoms with Gasteiger partial charge in [-0.1, -0.05) is 33.6 Å². The standard InChI is InChI=1S/C20H41N3O/c1-6-8-13-20(3,7-2)17-23-15-11-18(12-16-23)22(5)19(24)10-9-14-21-4/h18,21H,6-17H2,1-5H3. The lowest BCUT2D eigenvalue weighted by atomic mass is 9.81. The van der Waals surface area contributed by atoms with Crippen LogP contribution in [0.15, 0.2) is 0 Å². The van der Waals surface area contributed by atoms with Crippen molar-refractivity contribution in [2.24, 2.45) is 5.41 Å². The largest absolute Gasteiger partial charge is 0.343 e. The molecule has 1 N–H and O–H groups in total. The van der Waals surface area contributed by atoms with Crippen molar-refractivity contribution < 1.29 is 4.79 Å². The van der Waals surface area contributed by atoms with Gasteiger partial charge in [0.15, 0.2) is 0 Å².